The first kappa shape index (κ1) is 16.6. The second kappa shape index (κ2) is 12.1. The van der Waals surface area contributed by atoms with E-state index in [2.05, 4.69) is 6.92 Å². The highest BCUT2D eigenvalue weighted by Crippen LogP contribution is 2.08. The van der Waals surface area contributed by atoms with Gasteiger partial charge in [-0.05, 0) is 18.9 Å². The summed E-state index contributed by atoms with van der Waals surface area (Å²) in [6.45, 7) is 2.22. The summed E-state index contributed by atoms with van der Waals surface area (Å²) in [5, 5.41) is 25.9. The van der Waals surface area contributed by atoms with E-state index in [9.17, 15) is 0 Å². The van der Waals surface area contributed by atoms with Crippen molar-refractivity contribution in [1.29, 1.82) is 0 Å². The summed E-state index contributed by atoms with van der Waals surface area (Å²) in [5.41, 5.74) is 0. The highest BCUT2D eigenvalue weighted by Gasteiger charge is 1.92. The molecule has 0 aliphatic rings. The normalized spacial score (nSPS) is 11.4. The van der Waals surface area contributed by atoms with Gasteiger partial charge in [0.05, 0.1) is 0 Å². The first-order chi connectivity index (χ1) is 8.68. The fourth-order valence-electron chi connectivity index (χ4n) is 1.62. The second-order valence-electron chi connectivity index (χ2n) is 4.41. The quantitative estimate of drug-likeness (QED) is 0.289. The zero-order valence-electron chi connectivity index (χ0n) is 11.3. The molecule has 0 saturated heterocycles. The number of rotatable bonds is 10. The molecule has 0 aliphatic heterocycles. The molecule has 18 heavy (non-hydrogen) atoms. The topological polar surface area (TPSA) is 60.7 Å². The molecule has 0 aliphatic carbocycles. The molecule has 0 amide bonds. The van der Waals surface area contributed by atoms with Crippen molar-refractivity contribution >= 4 is 0 Å². The maximum absolute atomic E-state index is 8.93. The number of hydrogen-bond donors (Lipinski definition) is 3. The van der Waals surface area contributed by atoms with Gasteiger partial charge < -0.3 is 15.3 Å². The van der Waals surface area contributed by atoms with Crippen molar-refractivity contribution in [2.24, 2.45) is 0 Å². The first-order valence-electron chi connectivity index (χ1n) is 6.82. The highest BCUT2D eigenvalue weighted by atomic mass is 16.5. The number of aliphatic hydroxyl groups excluding tert-OH is 2. The fraction of sp³-hybridized carbons (Fsp3) is 0.600. The Morgan fingerprint density at radius 1 is 0.833 bits per heavy atom. The Balaban J connectivity index is 3.41. The summed E-state index contributed by atoms with van der Waals surface area (Å²) in [4.78, 5) is 0. The van der Waals surface area contributed by atoms with Crippen molar-refractivity contribution in [1.82, 2.24) is 0 Å². The summed E-state index contributed by atoms with van der Waals surface area (Å²) in [5.74, 6) is -1.57. The number of hydrogen-bond acceptors (Lipinski definition) is 3. The van der Waals surface area contributed by atoms with Gasteiger partial charge in [-0.1, -0.05) is 63.7 Å². The van der Waals surface area contributed by atoms with Gasteiger partial charge in [-0.25, -0.2) is 0 Å². The molecule has 0 unspecified atom stereocenters. The van der Waals surface area contributed by atoms with Crippen LogP contribution in [0.15, 0.2) is 36.0 Å². The lowest BCUT2D eigenvalue weighted by molar-refractivity contribution is 0.163. The van der Waals surface area contributed by atoms with Crippen LogP contribution in [0, 0.1) is 0 Å². The maximum atomic E-state index is 8.93. The van der Waals surface area contributed by atoms with Gasteiger partial charge in [0.15, 0.2) is 5.76 Å². The van der Waals surface area contributed by atoms with Crippen LogP contribution >= 0.6 is 0 Å². The van der Waals surface area contributed by atoms with Crippen LogP contribution in [0.1, 0.15) is 58.3 Å². The maximum Gasteiger partial charge on any atom is 0.318 e. The lowest BCUT2D eigenvalue weighted by Crippen LogP contribution is -1.83. The van der Waals surface area contributed by atoms with E-state index >= 15 is 0 Å². The smallest absolute Gasteiger partial charge is 0.318 e. The SMILES string of the molecule is CCCCCCCCCC=CC=CC(O)=C(O)O. The Labute approximate surface area is 110 Å². The van der Waals surface area contributed by atoms with Crippen LogP contribution in [0.25, 0.3) is 0 Å². The molecule has 0 heterocycles. The fourth-order valence-corrected chi connectivity index (χ4v) is 1.62. The van der Waals surface area contributed by atoms with Gasteiger partial charge in [0.1, 0.15) is 0 Å². The van der Waals surface area contributed by atoms with Crippen LogP contribution in [0.4, 0.5) is 0 Å². The van der Waals surface area contributed by atoms with Crippen LogP contribution < -0.4 is 0 Å². The Kier molecular flexibility index (Phi) is 11.2. The molecule has 3 N–H and O–H groups in total. The first-order valence-corrected chi connectivity index (χ1v) is 6.82. The zero-order chi connectivity index (χ0) is 13.6. The zero-order valence-corrected chi connectivity index (χ0v) is 11.3. The third kappa shape index (κ3) is 11.1. The molecular weight excluding hydrogens is 228 g/mol. The second-order valence-corrected chi connectivity index (χ2v) is 4.41. The molecule has 0 bridgehead atoms. The van der Waals surface area contributed by atoms with Crippen molar-refractivity contribution < 1.29 is 15.3 Å². The van der Waals surface area contributed by atoms with E-state index in [0.717, 1.165) is 6.42 Å². The van der Waals surface area contributed by atoms with Crippen LogP contribution in [-0.4, -0.2) is 15.3 Å². The molecule has 0 aromatic carbocycles. The van der Waals surface area contributed by atoms with E-state index in [1.165, 1.54) is 51.0 Å². The highest BCUT2D eigenvalue weighted by molar-refractivity contribution is 5.15. The summed E-state index contributed by atoms with van der Waals surface area (Å²) in [7, 11) is 0. The van der Waals surface area contributed by atoms with Crippen LogP contribution in [0.3, 0.4) is 0 Å². The molecule has 3 nitrogen and oxygen atoms in total. The molecule has 0 aromatic rings. The van der Waals surface area contributed by atoms with Gasteiger partial charge in [0.25, 0.3) is 0 Å². The van der Waals surface area contributed by atoms with Gasteiger partial charge in [-0.3, -0.25) is 0 Å². The van der Waals surface area contributed by atoms with Crippen molar-refractivity contribution in [2.75, 3.05) is 0 Å². The van der Waals surface area contributed by atoms with Gasteiger partial charge in [-0.15, -0.1) is 0 Å². The summed E-state index contributed by atoms with van der Waals surface area (Å²) >= 11 is 0. The van der Waals surface area contributed by atoms with Crippen molar-refractivity contribution in [3.63, 3.8) is 0 Å². The summed E-state index contributed by atoms with van der Waals surface area (Å²) in [6.07, 6.45) is 16.8. The van der Waals surface area contributed by atoms with Gasteiger partial charge >= 0.3 is 5.95 Å². The molecule has 0 spiro atoms. The Hall–Kier alpha value is -1.38. The van der Waals surface area contributed by atoms with Crippen molar-refractivity contribution in [3.8, 4) is 0 Å². The van der Waals surface area contributed by atoms with E-state index < -0.39 is 11.7 Å². The molecule has 3 heteroatoms. The van der Waals surface area contributed by atoms with Crippen LogP contribution in [0.5, 0.6) is 0 Å². The summed E-state index contributed by atoms with van der Waals surface area (Å²) in [6, 6.07) is 0. The third-order valence-electron chi connectivity index (χ3n) is 2.70. The molecular formula is C15H26O3. The predicted molar refractivity (Wildman–Crippen MR) is 75.8 cm³/mol. The average Bonchev–Trinajstić information content (AvgIpc) is 2.35. The molecule has 0 atom stereocenters. The molecule has 0 rings (SSSR count). The van der Waals surface area contributed by atoms with E-state index in [1.54, 1.807) is 12.2 Å². The Bertz CT molecular complexity index is 273. The average molecular weight is 254 g/mol. The third-order valence-corrected chi connectivity index (χ3v) is 2.70. The van der Waals surface area contributed by atoms with Gasteiger partial charge in [0, 0.05) is 0 Å². The van der Waals surface area contributed by atoms with Crippen LogP contribution in [-0.2, 0) is 0 Å². The number of unbranched alkanes of at least 4 members (excludes halogenated alkanes) is 7. The Morgan fingerprint density at radius 3 is 2.06 bits per heavy atom. The molecule has 104 valence electrons. The molecule has 0 saturated carbocycles. The number of allylic oxidation sites excluding steroid dienone is 4. The van der Waals surface area contributed by atoms with E-state index in [0.29, 0.717) is 0 Å². The largest absolute Gasteiger partial charge is 0.502 e. The lowest BCUT2D eigenvalue weighted by Gasteiger charge is -1.98. The standard InChI is InChI=1S/C15H26O3/c1-2-3-4-5-6-7-8-9-10-11-12-13-14(16)15(17)18/h10-13,16-18H,2-9H2,1H3. The molecule has 0 fully saturated rings. The van der Waals surface area contributed by atoms with Crippen molar-refractivity contribution in [3.05, 3.63) is 36.0 Å². The van der Waals surface area contributed by atoms with E-state index in [4.69, 9.17) is 15.3 Å². The van der Waals surface area contributed by atoms with Gasteiger partial charge in [-0.2, -0.15) is 0 Å². The van der Waals surface area contributed by atoms with Gasteiger partial charge in [0.2, 0.25) is 0 Å². The van der Waals surface area contributed by atoms with E-state index in [1.807, 2.05) is 6.08 Å². The minimum absolute atomic E-state index is 0.518. The lowest BCUT2D eigenvalue weighted by atomic mass is 10.1. The molecule has 0 radical (unpaired) electrons. The monoisotopic (exact) mass is 254 g/mol. The molecule has 0 aromatic heterocycles. The predicted octanol–water partition coefficient (Wildman–Crippen LogP) is 5.08. The summed E-state index contributed by atoms with van der Waals surface area (Å²) < 4.78 is 0. The van der Waals surface area contributed by atoms with E-state index in [-0.39, 0.29) is 0 Å². The van der Waals surface area contributed by atoms with Crippen molar-refractivity contribution in [2.45, 2.75) is 58.3 Å². The minimum Gasteiger partial charge on any atom is -0.502 e. The Morgan fingerprint density at radius 2 is 1.44 bits per heavy atom. The number of aliphatic hydroxyl groups is 3. The van der Waals surface area contributed by atoms with Crippen LogP contribution in [0.2, 0.25) is 0 Å². The minimum atomic E-state index is -1.05.